The van der Waals surface area contributed by atoms with Crippen LogP contribution < -0.4 is 20.7 Å². The normalized spacial score (nSPS) is 17.7. The van der Waals surface area contributed by atoms with E-state index in [1.807, 2.05) is 35.1 Å². The number of benzene rings is 2. The molecular weight excluding hydrogens is 669 g/mol. The zero-order valence-corrected chi connectivity index (χ0v) is 26.9. The van der Waals surface area contributed by atoms with Crippen molar-refractivity contribution in [1.82, 2.24) is 25.1 Å². The molecule has 10 nitrogen and oxygen atoms in total. The zero-order chi connectivity index (χ0) is 29.5. The molecule has 42 heavy (non-hydrogen) atoms. The smallest absolute Gasteiger partial charge is 0.253 e. The van der Waals surface area contributed by atoms with Crippen molar-refractivity contribution < 1.29 is 12.6 Å². The highest BCUT2D eigenvalue weighted by Crippen LogP contribution is 2.38. The first-order chi connectivity index (χ1) is 20.5. The molecule has 0 spiro atoms. The van der Waals surface area contributed by atoms with Crippen LogP contribution >= 0.6 is 34.6 Å². The van der Waals surface area contributed by atoms with Crippen LogP contribution in [0.25, 0.3) is 0 Å². The summed E-state index contributed by atoms with van der Waals surface area (Å²) in [5.41, 5.74) is 4.47. The van der Waals surface area contributed by atoms with Gasteiger partial charge in [0.1, 0.15) is 33.8 Å². The van der Waals surface area contributed by atoms with Crippen LogP contribution in [0.2, 0.25) is 5.02 Å². The van der Waals surface area contributed by atoms with Gasteiger partial charge in [-0.2, -0.15) is 4.98 Å². The number of piperazine rings is 1. The number of ether oxygens (including phenoxy) is 1. The number of nitrogens with zero attached hydrogens (tertiary/aromatic N) is 4. The maximum absolute atomic E-state index is 12.3. The molecule has 1 saturated heterocycles. The van der Waals surface area contributed by atoms with Crippen molar-refractivity contribution in [2.75, 3.05) is 64.1 Å². The predicted octanol–water partition coefficient (Wildman–Crippen LogP) is 5.22. The Kier molecular flexibility index (Phi) is 10.7. The quantitative estimate of drug-likeness (QED) is 0.194. The molecular formula is C30H37ClIN7O3. The van der Waals surface area contributed by atoms with Crippen molar-refractivity contribution in [2.24, 2.45) is 0 Å². The van der Waals surface area contributed by atoms with E-state index in [-0.39, 0.29) is 5.91 Å². The highest BCUT2D eigenvalue weighted by Gasteiger charge is 2.28. The Balaban J connectivity index is 1.32. The van der Waals surface area contributed by atoms with Crippen molar-refractivity contribution in [3.05, 3.63) is 64.3 Å². The number of methoxy groups -OCH3 is 1. The number of anilines is 4. The molecule has 0 saturated carbocycles. The lowest BCUT2D eigenvalue weighted by atomic mass is 9.98. The van der Waals surface area contributed by atoms with Gasteiger partial charge in [0.15, 0.2) is 5.82 Å². The number of hydrogen-bond acceptors (Lipinski definition) is 9. The third-order valence-corrected chi connectivity index (χ3v) is 8.75. The van der Waals surface area contributed by atoms with E-state index in [1.54, 1.807) is 32.4 Å². The largest absolute Gasteiger partial charge is 0.494 e. The molecule has 1 atom stereocenters. The third kappa shape index (κ3) is 7.25. The molecule has 12 heteroatoms. The summed E-state index contributed by atoms with van der Waals surface area (Å²) in [7, 11) is 3.31. The number of rotatable bonds is 10. The van der Waals surface area contributed by atoms with Crippen molar-refractivity contribution >= 4 is 63.7 Å². The second-order valence-corrected chi connectivity index (χ2v) is 11.5. The zero-order valence-electron chi connectivity index (χ0n) is 24.0. The summed E-state index contributed by atoms with van der Waals surface area (Å²) in [6.45, 7) is 6.13. The number of carbonyl (C=O) groups is 1. The molecule has 1 fully saturated rings. The lowest BCUT2D eigenvalue weighted by Gasteiger charge is -2.39. The summed E-state index contributed by atoms with van der Waals surface area (Å²) in [6.07, 6.45) is 5.79. The second-order valence-electron chi connectivity index (χ2n) is 10.5. The van der Waals surface area contributed by atoms with Crippen molar-refractivity contribution in [1.29, 1.82) is 0 Å². The maximum atomic E-state index is 12.3. The Morgan fingerprint density at radius 1 is 1.12 bits per heavy atom. The monoisotopic (exact) mass is 705 g/mol. The van der Waals surface area contributed by atoms with Gasteiger partial charge in [-0.3, -0.25) is 14.6 Å². The van der Waals surface area contributed by atoms with Crippen LogP contribution in [-0.4, -0.2) is 85.2 Å². The number of amides is 1. The summed E-state index contributed by atoms with van der Waals surface area (Å²) in [5.74, 6) is 1.39. The van der Waals surface area contributed by atoms with Crippen LogP contribution in [0.4, 0.5) is 23.1 Å². The van der Waals surface area contributed by atoms with Crippen LogP contribution in [0.3, 0.4) is 0 Å². The summed E-state index contributed by atoms with van der Waals surface area (Å²) in [4.78, 5) is 26.5. The number of fused-ring (bicyclic) bond motifs is 1. The van der Waals surface area contributed by atoms with Gasteiger partial charge in [0.05, 0.1) is 36.9 Å². The SMILES string of the molecule is CNC(=O)c1ccccc1Nc1nc(Nc2ccc3c(c2OC)CCC[C@H](N2CCN(CCOI)CC2)C3)ncc1Cl. The first-order valence-corrected chi connectivity index (χ1v) is 15.5. The lowest BCUT2D eigenvalue weighted by molar-refractivity contribution is 0.0866. The molecule has 1 aliphatic heterocycles. The number of hydrogen-bond donors (Lipinski definition) is 3. The van der Waals surface area contributed by atoms with Crippen LogP contribution in [-0.2, 0) is 15.9 Å². The average Bonchev–Trinajstić information content (AvgIpc) is 3.24. The standard InChI is InChI=1S/C30H37ClIN7O3/c1-33-29(40)23-7-3-4-9-25(23)35-28-24(31)19-34-30(37-28)36-26-11-10-20-18-21(6-5-8-22(20)27(26)41-2)39-14-12-38(13-15-39)16-17-42-32/h3-4,7,9-11,19,21H,5-6,8,12-18H2,1-2H3,(H,33,40)(H2,34,35,36,37)/t21-/m0/s1. The number of aromatic nitrogens is 2. The molecule has 1 aliphatic carbocycles. The van der Waals surface area contributed by atoms with Gasteiger partial charge in [-0.1, -0.05) is 29.8 Å². The fourth-order valence-corrected chi connectivity index (χ4v) is 6.19. The summed E-state index contributed by atoms with van der Waals surface area (Å²) < 4.78 is 11.2. The first-order valence-electron chi connectivity index (χ1n) is 14.3. The fraction of sp³-hybridized carbons (Fsp3) is 0.433. The predicted molar refractivity (Wildman–Crippen MR) is 175 cm³/mol. The van der Waals surface area contributed by atoms with Gasteiger partial charge < -0.3 is 23.8 Å². The van der Waals surface area contributed by atoms with Gasteiger partial charge in [0.2, 0.25) is 5.95 Å². The fourth-order valence-electron chi connectivity index (χ4n) is 5.85. The Morgan fingerprint density at radius 2 is 1.93 bits per heavy atom. The highest BCUT2D eigenvalue weighted by atomic mass is 127. The van der Waals surface area contributed by atoms with Crippen LogP contribution in [0.15, 0.2) is 42.6 Å². The van der Waals surface area contributed by atoms with E-state index in [0.29, 0.717) is 34.1 Å². The molecule has 2 heterocycles. The topological polar surface area (TPSA) is 104 Å². The first kappa shape index (κ1) is 30.7. The minimum atomic E-state index is -0.206. The van der Waals surface area contributed by atoms with Crippen LogP contribution in [0.1, 0.15) is 34.3 Å². The Labute approximate surface area is 266 Å². The number of para-hydroxylation sites is 1. The minimum Gasteiger partial charge on any atom is -0.494 e. The molecule has 0 unspecified atom stereocenters. The maximum Gasteiger partial charge on any atom is 0.253 e. The average molecular weight is 706 g/mol. The van der Waals surface area contributed by atoms with E-state index < -0.39 is 0 Å². The van der Waals surface area contributed by atoms with E-state index >= 15 is 0 Å². The molecule has 3 N–H and O–H groups in total. The lowest BCUT2D eigenvalue weighted by Crippen LogP contribution is -2.51. The molecule has 2 aromatic carbocycles. The van der Waals surface area contributed by atoms with Crippen LogP contribution in [0.5, 0.6) is 5.75 Å². The van der Waals surface area contributed by atoms with Gasteiger partial charge in [0.25, 0.3) is 5.91 Å². The van der Waals surface area contributed by atoms with E-state index in [2.05, 4.69) is 41.8 Å². The summed E-state index contributed by atoms with van der Waals surface area (Å²) >= 11 is 8.41. The molecule has 1 aromatic heterocycles. The Hall–Kier alpha value is -2.71. The molecule has 3 aromatic rings. The van der Waals surface area contributed by atoms with Gasteiger partial charge in [0, 0.05) is 45.8 Å². The summed E-state index contributed by atoms with van der Waals surface area (Å²) in [6, 6.07) is 12.0. The van der Waals surface area contributed by atoms with Crippen LogP contribution in [0, 0.1) is 0 Å². The van der Waals surface area contributed by atoms with Crippen molar-refractivity contribution in [3.8, 4) is 5.75 Å². The van der Waals surface area contributed by atoms with Gasteiger partial charge in [-0.15, -0.1) is 0 Å². The van der Waals surface area contributed by atoms with Gasteiger partial charge >= 0.3 is 0 Å². The number of halogens is 2. The van der Waals surface area contributed by atoms with E-state index in [4.69, 9.17) is 19.4 Å². The Morgan fingerprint density at radius 3 is 2.69 bits per heavy atom. The third-order valence-electron chi connectivity index (χ3n) is 8.03. The second kappa shape index (κ2) is 14.6. The van der Waals surface area contributed by atoms with Crippen molar-refractivity contribution in [3.63, 3.8) is 0 Å². The molecule has 0 radical (unpaired) electrons. The molecule has 224 valence electrons. The summed E-state index contributed by atoms with van der Waals surface area (Å²) in [5, 5.41) is 9.53. The van der Waals surface area contributed by atoms with E-state index in [0.717, 1.165) is 70.0 Å². The van der Waals surface area contributed by atoms with Gasteiger partial charge in [-0.05, 0) is 55.0 Å². The van der Waals surface area contributed by atoms with Gasteiger partial charge in [-0.25, -0.2) is 4.98 Å². The molecule has 5 rings (SSSR count). The minimum absolute atomic E-state index is 0.206. The molecule has 1 amide bonds. The van der Waals surface area contributed by atoms with E-state index in [9.17, 15) is 4.79 Å². The molecule has 0 bridgehead atoms. The number of nitrogens with one attached hydrogen (secondary N) is 3. The Bertz CT molecular complexity index is 1390. The molecule has 2 aliphatic rings. The van der Waals surface area contributed by atoms with E-state index in [1.165, 1.54) is 23.7 Å². The highest BCUT2D eigenvalue weighted by molar-refractivity contribution is 14.1. The van der Waals surface area contributed by atoms with Crippen molar-refractivity contribution in [2.45, 2.75) is 31.7 Å². The number of carbonyl (C=O) groups excluding carboxylic acids is 1.